The Bertz CT molecular complexity index is 990. The number of aryl methyl sites for hydroxylation is 2. The van der Waals surface area contributed by atoms with Gasteiger partial charge >= 0.3 is 0 Å². The summed E-state index contributed by atoms with van der Waals surface area (Å²) >= 11 is 0. The van der Waals surface area contributed by atoms with Gasteiger partial charge in [-0.25, -0.2) is 4.98 Å². The average Bonchev–Trinajstić information content (AvgIpc) is 2.53. The fourth-order valence-corrected chi connectivity index (χ4v) is 3.09. The van der Waals surface area contributed by atoms with Crippen molar-refractivity contribution in [3.8, 4) is 0 Å². The first kappa shape index (κ1) is 17.8. The predicted molar refractivity (Wildman–Crippen MR) is 102 cm³/mol. The Balaban J connectivity index is 1.66. The Morgan fingerprint density at radius 3 is 2.58 bits per heavy atom. The molecular formula is C20H23N4O2+. The lowest BCUT2D eigenvalue weighted by Crippen LogP contribution is -3.08. The van der Waals surface area contributed by atoms with Gasteiger partial charge in [0.05, 0.1) is 18.0 Å². The highest BCUT2D eigenvalue weighted by Crippen LogP contribution is 2.13. The molecule has 6 heteroatoms. The minimum absolute atomic E-state index is 0.0735. The van der Waals surface area contributed by atoms with E-state index in [-0.39, 0.29) is 18.0 Å². The number of carbonyl (C=O) groups excluding carboxylic acids is 1. The normalized spacial score (nSPS) is 12.1. The van der Waals surface area contributed by atoms with Crippen LogP contribution >= 0.6 is 0 Å². The van der Waals surface area contributed by atoms with E-state index in [0.717, 1.165) is 21.7 Å². The summed E-state index contributed by atoms with van der Waals surface area (Å²) in [6, 6.07) is 13.2. The number of quaternary nitrogens is 1. The maximum absolute atomic E-state index is 12.3. The summed E-state index contributed by atoms with van der Waals surface area (Å²) in [5.74, 6) is 0.501. The van der Waals surface area contributed by atoms with Gasteiger partial charge in [-0.1, -0.05) is 18.2 Å². The number of likely N-dealkylation sites (N-methyl/N-ethyl adjacent to an activating group) is 1. The second-order valence-corrected chi connectivity index (χ2v) is 6.76. The fourth-order valence-electron chi connectivity index (χ4n) is 3.09. The second kappa shape index (κ2) is 7.49. The van der Waals surface area contributed by atoms with Crippen molar-refractivity contribution in [2.45, 2.75) is 20.4 Å². The van der Waals surface area contributed by atoms with E-state index in [1.54, 1.807) is 6.07 Å². The SMILES string of the molecule is Cc1cc(C)cc(NC(=O)C[NH+](C)Cc2nc3ccccc3c(=O)[nH]2)c1. The van der Waals surface area contributed by atoms with E-state index in [1.165, 1.54) is 0 Å². The molecule has 134 valence electrons. The molecule has 0 fully saturated rings. The van der Waals surface area contributed by atoms with Crippen molar-refractivity contribution < 1.29 is 9.69 Å². The van der Waals surface area contributed by atoms with Crippen molar-refractivity contribution in [1.82, 2.24) is 9.97 Å². The molecule has 1 unspecified atom stereocenters. The van der Waals surface area contributed by atoms with Gasteiger partial charge in [0.15, 0.2) is 12.4 Å². The Labute approximate surface area is 151 Å². The molecule has 1 heterocycles. The predicted octanol–water partition coefficient (Wildman–Crippen LogP) is 1.19. The summed E-state index contributed by atoms with van der Waals surface area (Å²) in [6.45, 7) is 4.74. The van der Waals surface area contributed by atoms with Crippen LogP contribution in [0, 0.1) is 13.8 Å². The van der Waals surface area contributed by atoms with E-state index in [1.807, 2.05) is 51.2 Å². The summed E-state index contributed by atoms with van der Waals surface area (Å²) in [7, 11) is 1.90. The molecule has 1 amide bonds. The van der Waals surface area contributed by atoms with Gasteiger partial charge in [-0.05, 0) is 49.2 Å². The smallest absolute Gasteiger partial charge is 0.279 e. The summed E-state index contributed by atoms with van der Waals surface area (Å²) in [4.78, 5) is 32.6. The lowest BCUT2D eigenvalue weighted by Gasteiger charge is -2.14. The van der Waals surface area contributed by atoms with Crippen LogP contribution in [0.2, 0.25) is 0 Å². The highest BCUT2D eigenvalue weighted by atomic mass is 16.2. The Morgan fingerprint density at radius 2 is 1.85 bits per heavy atom. The average molecular weight is 351 g/mol. The molecule has 6 nitrogen and oxygen atoms in total. The molecule has 0 saturated heterocycles. The summed E-state index contributed by atoms with van der Waals surface area (Å²) < 4.78 is 0. The van der Waals surface area contributed by atoms with Crippen LogP contribution in [0.1, 0.15) is 17.0 Å². The van der Waals surface area contributed by atoms with Crippen LogP contribution in [0.4, 0.5) is 5.69 Å². The van der Waals surface area contributed by atoms with Crippen LogP contribution in [0.3, 0.4) is 0 Å². The van der Waals surface area contributed by atoms with Gasteiger partial charge in [0.25, 0.3) is 11.5 Å². The molecular weight excluding hydrogens is 328 g/mol. The largest absolute Gasteiger partial charge is 0.323 e. The van der Waals surface area contributed by atoms with Crippen LogP contribution in [-0.4, -0.2) is 29.5 Å². The number of hydrogen-bond donors (Lipinski definition) is 3. The van der Waals surface area contributed by atoms with Crippen LogP contribution in [-0.2, 0) is 11.3 Å². The van der Waals surface area contributed by atoms with E-state index >= 15 is 0 Å². The fraction of sp³-hybridized carbons (Fsp3) is 0.250. The number of hydrogen-bond acceptors (Lipinski definition) is 3. The molecule has 3 N–H and O–H groups in total. The second-order valence-electron chi connectivity index (χ2n) is 6.76. The molecule has 1 aromatic heterocycles. The Morgan fingerprint density at radius 1 is 1.15 bits per heavy atom. The van der Waals surface area contributed by atoms with Crippen molar-refractivity contribution in [3.63, 3.8) is 0 Å². The number of aromatic nitrogens is 2. The van der Waals surface area contributed by atoms with Crippen LogP contribution in [0.25, 0.3) is 10.9 Å². The van der Waals surface area contributed by atoms with E-state index in [4.69, 9.17) is 0 Å². The van der Waals surface area contributed by atoms with Gasteiger partial charge in [0, 0.05) is 5.69 Å². The number of para-hydroxylation sites is 1. The number of fused-ring (bicyclic) bond motifs is 1. The maximum Gasteiger partial charge on any atom is 0.279 e. The van der Waals surface area contributed by atoms with Gasteiger partial charge in [0.1, 0.15) is 6.54 Å². The number of nitrogens with one attached hydrogen (secondary N) is 3. The highest BCUT2D eigenvalue weighted by Gasteiger charge is 2.13. The number of nitrogens with zero attached hydrogens (tertiary/aromatic N) is 1. The first-order chi connectivity index (χ1) is 12.4. The molecule has 3 rings (SSSR count). The number of carbonyl (C=O) groups is 1. The van der Waals surface area contributed by atoms with Crippen LogP contribution in [0.5, 0.6) is 0 Å². The first-order valence-electron chi connectivity index (χ1n) is 8.58. The molecule has 0 aliphatic carbocycles. The van der Waals surface area contributed by atoms with Crippen molar-refractivity contribution in [1.29, 1.82) is 0 Å². The molecule has 0 saturated carbocycles. The lowest BCUT2D eigenvalue weighted by molar-refractivity contribution is -0.885. The Hall–Kier alpha value is -2.99. The van der Waals surface area contributed by atoms with E-state index in [0.29, 0.717) is 23.3 Å². The minimum Gasteiger partial charge on any atom is -0.323 e. The lowest BCUT2D eigenvalue weighted by atomic mass is 10.1. The van der Waals surface area contributed by atoms with Gasteiger partial charge < -0.3 is 15.2 Å². The van der Waals surface area contributed by atoms with Gasteiger partial charge in [-0.2, -0.15) is 0 Å². The molecule has 26 heavy (non-hydrogen) atoms. The molecule has 3 aromatic rings. The molecule has 2 aromatic carbocycles. The molecule has 0 aliphatic heterocycles. The zero-order valence-electron chi connectivity index (χ0n) is 15.2. The van der Waals surface area contributed by atoms with Crippen molar-refractivity contribution in [2.75, 3.05) is 18.9 Å². The van der Waals surface area contributed by atoms with Crippen molar-refractivity contribution in [3.05, 3.63) is 69.8 Å². The van der Waals surface area contributed by atoms with Gasteiger partial charge in [-0.15, -0.1) is 0 Å². The molecule has 0 bridgehead atoms. The van der Waals surface area contributed by atoms with Crippen molar-refractivity contribution >= 4 is 22.5 Å². The topological polar surface area (TPSA) is 79.3 Å². The third kappa shape index (κ3) is 4.34. The highest BCUT2D eigenvalue weighted by molar-refractivity contribution is 5.91. The number of amides is 1. The van der Waals surface area contributed by atoms with Crippen LogP contribution in [0.15, 0.2) is 47.3 Å². The van der Waals surface area contributed by atoms with E-state index in [9.17, 15) is 9.59 Å². The van der Waals surface area contributed by atoms with Crippen molar-refractivity contribution in [2.24, 2.45) is 0 Å². The summed E-state index contributed by atoms with van der Waals surface area (Å²) in [5, 5.41) is 3.50. The number of anilines is 1. The molecule has 1 atom stereocenters. The molecule has 0 spiro atoms. The van der Waals surface area contributed by atoms with Gasteiger partial charge in [0.2, 0.25) is 0 Å². The number of benzene rings is 2. The van der Waals surface area contributed by atoms with E-state index < -0.39 is 0 Å². The first-order valence-corrected chi connectivity index (χ1v) is 8.58. The third-order valence-electron chi connectivity index (χ3n) is 4.10. The third-order valence-corrected chi connectivity index (χ3v) is 4.10. The zero-order valence-corrected chi connectivity index (χ0v) is 15.2. The summed E-state index contributed by atoms with van der Waals surface area (Å²) in [5.41, 5.74) is 3.53. The number of rotatable bonds is 5. The van der Waals surface area contributed by atoms with Crippen LogP contribution < -0.4 is 15.8 Å². The maximum atomic E-state index is 12.3. The monoisotopic (exact) mass is 351 g/mol. The standard InChI is InChI=1S/C20H22N4O2/c1-13-8-14(2)10-15(9-13)21-19(25)12-24(3)11-18-22-17-7-5-4-6-16(17)20(26)23-18/h4-10H,11-12H2,1-3H3,(H,21,25)(H,22,23,26)/p+1. The number of aromatic amines is 1. The molecule has 0 aliphatic rings. The zero-order chi connectivity index (χ0) is 18.7. The Kier molecular flexibility index (Phi) is 5.14. The number of H-pyrrole nitrogens is 1. The van der Waals surface area contributed by atoms with Gasteiger partial charge in [-0.3, -0.25) is 9.59 Å². The van der Waals surface area contributed by atoms with E-state index in [2.05, 4.69) is 21.4 Å². The summed E-state index contributed by atoms with van der Waals surface area (Å²) in [6.07, 6.45) is 0. The quantitative estimate of drug-likeness (QED) is 0.646. The minimum atomic E-state index is -0.155. The molecule has 0 radical (unpaired) electrons.